The molecule has 0 unspecified atom stereocenters. The monoisotopic (exact) mass is 351 g/mol. The third kappa shape index (κ3) is 2.62. The molecule has 132 valence electrons. The number of pyridine rings is 1. The number of hydrogen-bond donors (Lipinski definition) is 1. The van der Waals surface area contributed by atoms with Gasteiger partial charge in [0.1, 0.15) is 17.4 Å². The second-order valence-corrected chi connectivity index (χ2v) is 5.97. The van der Waals surface area contributed by atoms with Gasteiger partial charge in [-0.3, -0.25) is 4.79 Å². The Morgan fingerprint density at radius 1 is 1.35 bits per heavy atom. The summed E-state index contributed by atoms with van der Waals surface area (Å²) in [5, 5.41) is 9.56. The number of esters is 1. The lowest BCUT2D eigenvalue weighted by Gasteiger charge is -2.26. The van der Waals surface area contributed by atoms with Gasteiger partial charge in [-0.1, -0.05) is 12.1 Å². The SMILES string of the molecule is COC(=O)c1ccc([C@H]2C(C#N)=C(N)Oc3cc(C)n(C)c(=O)c32)cc1. The van der Waals surface area contributed by atoms with E-state index in [0.717, 1.165) is 0 Å². The van der Waals surface area contributed by atoms with Crippen LogP contribution in [0, 0.1) is 18.3 Å². The van der Waals surface area contributed by atoms with Gasteiger partial charge in [-0.25, -0.2) is 4.79 Å². The van der Waals surface area contributed by atoms with Crippen LogP contribution in [0.15, 0.2) is 46.6 Å². The van der Waals surface area contributed by atoms with E-state index >= 15 is 0 Å². The number of rotatable bonds is 2. The zero-order valence-corrected chi connectivity index (χ0v) is 14.6. The molecule has 0 bridgehead atoms. The molecule has 7 nitrogen and oxygen atoms in total. The minimum atomic E-state index is -0.672. The van der Waals surface area contributed by atoms with Crippen molar-refractivity contribution in [2.45, 2.75) is 12.8 Å². The molecular weight excluding hydrogens is 334 g/mol. The fourth-order valence-electron chi connectivity index (χ4n) is 3.00. The standard InChI is InChI=1S/C19H17N3O4/c1-10-8-14-16(18(23)22(10)2)15(13(9-20)17(21)26-14)11-4-6-12(7-5-11)19(24)25-3/h4-8,15H,21H2,1-3H3/t15-/m0/s1. The number of ether oxygens (including phenoxy) is 2. The fourth-order valence-corrected chi connectivity index (χ4v) is 3.00. The summed E-state index contributed by atoms with van der Waals surface area (Å²) in [5.74, 6) is -0.834. The van der Waals surface area contributed by atoms with Crippen LogP contribution >= 0.6 is 0 Å². The average Bonchev–Trinajstić information content (AvgIpc) is 2.64. The Kier molecular flexibility index (Phi) is 4.26. The van der Waals surface area contributed by atoms with E-state index in [9.17, 15) is 14.9 Å². The van der Waals surface area contributed by atoms with Crippen LogP contribution in [-0.2, 0) is 11.8 Å². The summed E-state index contributed by atoms with van der Waals surface area (Å²) in [4.78, 5) is 24.5. The molecule has 0 aliphatic carbocycles. The first-order chi connectivity index (χ1) is 12.4. The van der Waals surface area contributed by atoms with Crippen molar-refractivity contribution < 1.29 is 14.3 Å². The van der Waals surface area contributed by atoms with Gasteiger partial charge in [0.05, 0.1) is 24.2 Å². The van der Waals surface area contributed by atoms with Crippen LogP contribution in [0.25, 0.3) is 0 Å². The van der Waals surface area contributed by atoms with Crippen molar-refractivity contribution in [3.63, 3.8) is 0 Å². The first kappa shape index (κ1) is 17.3. The molecule has 0 radical (unpaired) electrons. The van der Waals surface area contributed by atoms with E-state index < -0.39 is 11.9 Å². The maximum atomic E-state index is 12.8. The Morgan fingerprint density at radius 3 is 2.58 bits per heavy atom. The van der Waals surface area contributed by atoms with E-state index in [-0.39, 0.29) is 17.0 Å². The molecule has 1 aromatic heterocycles. The third-order valence-corrected chi connectivity index (χ3v) is 4.52. The number of nitriles is 1. The molecule has 0 saturated heterocycles. The van der Waals surface area contributed by atoms with E-state index in [0.29, 0.717) is 28.1 Å². The van der Waals surface area contributed by atoms with Gasteiger partial charge < -0.3 is 19.8 Å². The van der Waals surface area contributed by atoms with Gasteiger partial charge in [-0.05, 0) is 24.6 Å². The molecule has 3 rings (SSSR count). The minimum Gasteiger partial charge on any atom is -0.465 e. The molecular formula is C19H17N3O4. The van der Waals surface area contributed by atoms with Crippen molar-refractivity contribution >= 4 is 5.97 Å². The molecule has 0 spiro atoms. The van der Waals surface area contributed by atoms with Gasteiger partial charge in [-0.2, -0.15) is 5.26 Å². The number of hydrogen-bond acceptors (Lipinski definition) is 6. The van der Waals surface area contributed by atoms with Crippen molar-refractivity contribution in [3.05, 3.63) is 74.5 Å². The average molecular weight is 351 g/mol. The maximum absolute atomic E-state index is 12.8. The fraction of sp³-hybridized carbons (Fsp3) is 0.211. The van der Waals surface area contributed by atoms with Crippen molar-refractivity contribution in [1.82, 2.24) is 4.57 Å². The molecule has 7 heteroatoms. The molecule has 1 aliphatic heterocycles. The minimum absolute atomic E-state index is 0.0327. The summed E-state index contributed by atoms with van der Waals surface area (Å²) in [6.07, 6.45) is 0. The van der Waals surface area contributed by atoms with Gasteiger partial charge in [0.25, 0.3) is 5.56 Å². The zero-order chi connectivity index (χ0) is 19.0. The molecule has 0 saturated carbocycles. The summed E-state index contributed by atoms with van der Waals surface area (Å²) in [7, 11) is 2.96. The highest BCUT2D eigenvalue weighted by Gasteiger charge is 2.34. The quantitative estimate of drug-likeness (QED) is 0.825. The van der Waals surface area contributed by atoms with Gasteiger partial charge in [0.15, 0.2) is 0 Å². The Hall–Kier alpha value is -3.53. The summed E-state index contributed by atoms with van der Waals surface area (Å²) in [5.41, 5.74) is 7.90. The number of carbonyl (C=O) groups is 1. The second kappa shape index (κ2) is 6.41. The molecule has 2 aromatic rings. The molecule has 1 aromatic carbocycles. The van der Waals surface area contributed by atoms with Gasteiger partial charge in [0, 0.05) is 18.8 Å². The lowest BCUT2D eigenvalue weighted by atomic mass is 9.83. The summed E-state index contributed by atoms with van der Waals surface area (Å²) in [6, 6.07) is 10.3. The van der Waals surface area contributed by atoms with Crippen LogP contribution in [-0.4, -0.2) is 17.6 Å². The molecule has 0 amide bonds. The number of carbonyl (C=O) groups excluding carboxylic acids is 1. The largest absolute Gasteiger partial charge is 0.465 e. The Bertz CT molecular complexity index is 1030. The zero-order valence-electron chi connectivity index (χ0n) is 14.6. The van der Waals surface area contributed by atoms with Crippen molar-refractivity contribution in [2.24, 2.45) is 12.8 Å². The topological polar surface area (TPSA) is 107 Å². The lowest BCUT2D eigenvalue weighted by Crippen LogP contribution is -2.31. The molecule has 1 atom stereocenters. The predicted molar refractivity (Wildman–Crippen MR) is 93.5 cm³/mol. The van der Waals surface area contributed by atoms with Crippen molar-refractivity contribution in [2.75, 3.05) is 7.11 Å². The molecule has 0 fully saturated rings. The molecule has 2 heterocycles. The number of nitrogens with zero attached hydrogens (tertiary/aromatic N) is 2. The summed E-state index contributed by atoms with van der Waals surface area (Å²) in [6.45, 7) is 1.78. The highest BCUT2D eigenvalue weighted by molar-refractivity contribution is 5.89. The number of aryl methyl sites for hydroxylation is 1. The second-order valence-electron chi connectivity index (χ2n) is 5.97. The van der Waals surface area contributed by atoms with Gasteiger partial charge >= 0.3 is 5.97 Å². The molecule has 26 heavy (non-hydrogen) atoms. The van der Waals surface area contributed by atoms with Crippen LogP contribution < -0.4 is 16.0 Å². The number of methoxy groups -OCH3 is 1. The van der Waals surface area contributed by atoms with Gasteiger partial charge in [-0.15, -0.1) is 0 Å². The number of allylic oxidation sites excluding steroid dienone is 1. The van der Waals surface area contributed by atoms with E-state index in [4.69, 9.17) is 15.2 Å². The van der Waals surface area contributed by atoms with Crippen LogP contribution in [0.4, 0.5) is 0 Å². The summed E-state index contributed by atoms with van der Waals surface area (Å²) >= 11 is 0. The van der Waals surface area contributed by atoms with E-state index in [1.165, 1.54) is 11.7 Å². The van der Waals surface area contributed by atoms with Crippen molar-refractivity contribution in [1.29, 1.82) is 5.26 Å². The van der Waals surface area contributed by atoms with E-state index in [2.05, 4.69) is 0 Å². The maximum Gasteiger partial charge on any atom is 0.337 e. The summed E-state index contributed by atoms with van der Waals surface area (Å²) < 4.78 is 11.7. The highest BCUT2D eigenvalue weighted by Crippen LogP contribution is 2.40. The number of aromatic nitrogens is 1. The normalized spacial score (nSPS) is 15.7. The molecule has 2 N–H and O–H groups in total. The smallest absolute Gasteiger partial charge is 0.337 e. The molecule has 1 aliphatic rings. The Morgan fingerprint density at radius 2 is 2.00 bits per heavy atom. The van der Waals surface area contributed by atoms with Crippen LogP contribution in [0.2, 0.25) is 0 Å². The van der Waals surface area contributed by atoms with E-state index in [1.807, 2.05) is 6.07 Å². The first-order valence-corrected chi connectivity index (χ1v) is 7.85. The van der Waals surface area contributed by atoms with Crippen LogP contribution in [0.5, 0.6) is 5.75 Å². The predicted octanol–water partition coefficient (Wildman–Crippen LogP) is 1.70. The lowest BCUT2D eigenvalue weighted by molar-refractivity contribution is 0.0600. The first-order valence-electron chi connectivity index (χ1n) is 7.85. The third-order valence-electron chi connectivity index (χ3n) is 4.52. The number of benzene rings is 1. The highest BCUT2D eigenvalue weighted by atomic mass is 16.5. The Labute approximate surface area is 149 Å². The number of fused-ring (bicyclic) bond motifs is 1. The van der Waals surface area contributed by atoms with Gasteiger partial charge in [0.2, 0.25) is 5.88 Å². The van der Waals surface area contributed by atoms with Crippen LogP contribution in [0.3, 0.4) is 0 Å². The van der Waals surface area contributed by atoms with E-state index in [1.54, 1.807) is 44.3 Å². The Balaban J connectivity index is 2.23. The van der Waals surface area contributed by atoms with Crippen LogP contribution in [0.1, 0.15) is 33.1 Å². The van der Waals surface area contributed by atoms with Crippen molar-refractivity contribution in [3.8, 4) is 11.8 Å². The number of nitrogens with two attached hydrogens (primary N) is 1.